The van der Waals surface area contributed by atoms with Crippen LogP contribution in [0, 0.1) is 6.92 Å². The molecule has 4 nitrogen and oxygen atoms in total. The zero-order valence-corrected chi connectivity index (χ0v) is 9.62. The highest BCUT2D eigenvalue weighted by atomic mass is 127. The van der Waals surface area contributed by atoms with E-state index in [1.54, 1.807) is 21.0 Å². The Balaban J connectivity index is 0.00000121. The van der Waals surface area contributed by atoms with Gasteiger partial charge in [-0.2, -0.15) is 0 Å². The normalized spacial score (nSPS) is 8.92. The van der Waals surface area contributed by atoms with E-state index in [-0.39, 0.29) is 29.5 Å². The predicted molar refractivity (Wildman–Crippen MR) is 59.2 cm³/mol. The summed E-state index contributed by atoms with van der Waals surface area (Å²) in [7, 11) is 3.42. The van der Waals surface area contributed by atoms with Gasteiger partial charge in [-0.15, -0.1) is 24.0 Å². The Morgan fingerprint density at radius 3 is 2.67 bits per heavy atom. The molecule has 1 aromatic heterocycles. The first kappa shape index (κ1) is 11.4. The Kier molecular flexibility index (Phi) is 4.22. The summed E-state index contributed by atoms with van der Waals surface area (Å²) in [5, 5.41) is 2.83. The molecule has 0 spiro atoms. The van der Waals surface area contributed by atoms with Crippen molar-refractivity contribution in [3.8, 4) is 0 Å². The molecule has 1 heterocycles. The molecule has 0 aliphatic rings. The predicted octanol–water partition coefficient (Wildman–Crippen LogP) is 0.748. The third-order valence-corrected chi connectivity index (χ3v) is 1.49. The summed E-state index contributed by atoms with van der Waals surface area (Å²) in [6, 6.07) is 1.50. The lowest BCUT2D eigenvalue weighted by Gasteiger charge is -2.05. The third kappa shape index (κ3) is 2.20. The van der Waals surface area contributed by atoms with Crippen LogP contribution in [0.4, 0.5) is 5.95 Å². The molecule has 68 valence electrons. The summed E-state index contributed by atoms with van der Waals surface area (Å²) >= 11 is 0. The minimum atomic E-state index is -0.0400. The highest BCUT2D eigenvalue weighted by Crippen LogP contribution is 1.96. The Labute approximate surface area is 88.0 Å². The maximum atomic E-state index is 11.1. The van der Waals surface area contributed by atoms with E-state index in [4.69, 9.17) is 0 Å². The van der Waals surface area contributed by atoms with Crippen molar-refractivity contribution in [3.63, 3.8) is 0 Å². The van der Waals surface area contributed by atoms with Crippen LogP contribution in [0.1, 0.15) is 5.69 Å². The number of hydrogen-bond acceptors (Lipinski definition) is 3. The standard InChI is InChI=1S/C7H11N3O.HI/c1-5-4-6(11)10(3)7(8-2)9-5;/h4H,1-3H3,(H,8,9);1H. The summed E-state index contributed by atoms with van der Waals surface area (Å²) in [6.07, 6.45) is 0. The zero-order valence-electron chi connectivity index (χ0n) is 7.29. The number of hydrogen-bond donors (Lipinski definition) is 1. The van der Waals surface area contributed by atoms with Crippen LogP contribution in [-0.4, -0.2) is 16.6 Å². The molecular formula is C7H12IN3O. The van der Waals surface area contributed by atoms with Gasteiger partial charge in [0.1, 0.15) is 0 Å². The van der Waals surface area contributed by atoms with Gasteiger partial charge in [-0.25, -0.2) is 4.98 Å². The molecule has 1 N–H and O–H groups in total. The van der Waals surface area contributed by atoms with Gasteiger partial charge in [0.05, 0.1) is 0 Å². The van der Waals surface area contributed by atoms with E-state index < -0.39 is 0 Å². The molecule has 0 bridgehead atoms. The van der Waals surface area contributed by atoms with Gasteiger partial charge in [0.25, 0.3) is 5.56 Å². The molecule has 0 saturated carbocycles. The van der Waals surface area contributed by atoms with E-state index in [1.165, 1.54) is 10.6 Å². The minimum absolute atomic E-state index is 0. The van der Waals surface area contributed by atoms with Gasteiger partial charge in [-0.05, 0) is 6.92 Å². The fraction of sp³-hybridized carbons (Fsp3) is 0.429. The number of halogens is 1. The molecular weight excluding hydrogens is 269 g/mol. The number of anilines is 1. The summed E-state index contributed by atoms with van der Waals surface area (Å²) in [4.78, 5) is 15.2. The molecule has 0 unspecified atom stereocenters. The van der Waals surface area contributed by atoms with Crippen molar-refractivity contribution in [1.82, 2.24) is 9.55 Å². The van der Waals surface area contributed by atoms with Crippen molar-refractivity contribution >= 4 is 29.9 Å². The van der Waals surface area contributed by atoms with Crippen LogP contribution < -0.4 is 10.9 Å². The summed E-state index contributed by atoms with van der Waals surface area (Å²) in [5.74, 6) is 0.593. The first-order chi connectivity index (χ1) is 5.15. The number of aromatic nitrogens is 2. The van der Waals surface area contributed by atoms with E-state index >= 15 is 0 Å². The molecule has 0 aliphatic heterocycles. The van der Waals surface area contributed by atoms with Gasteiger partial charge < -0.3 is 5.32 Å². The molecule has 0 amide bonds. The smallest absolute Gasteiger partial charge is 0.254 e. The second-order valence-corrected chi connectivity index (χ2v) is 2.37. The zero-order chi connectivity index (χ0) is 8.43. The molecule has 0 aromatic carbocycles. The molecule has 0 saturated heterocycles. The Hall–Kier alpha value is -0.590. The summed E-state index contributed by atoms with van der Waals surface area (Å²) in [5.41, 5.74) is 0.694. The average Bonchev–Trinajstić information content (AvgIpc) is 1.96. The Morgan fingerprint density at radius 2 is 2.17 bits per heavy atom. The second-order valence-electron chi connectivity index (χ2n) is 2.37. The van der Waals surface area contributed by atoms with E-state index in [2.05, 4.69) is 10.3 Å². The molecule has 12 heavy (non-hydrogen) atoms. The van der Waals surface area contributed by atoms with E-state index in [9.17, 15) is 4.79 Å². The number of nitrogens with zero attached hydrogens (tertiary/aromatic N) is 2. The lowest BCUT2D eigenvalue weighted by atomic mass is 10.4. The van der Waals surface area contributed by atoms with Gasteiger partial charge in [-0.3, -0.25) is 9.36 Å². The molecule has 5 heteroatoms. The van der Waals surface area contributed by atoms with Crippen LogP contribution in [0.15, 0.2) is 10.9 Å². The van der Waals surface area contributed by atoms with Crippen molar-refractivity contribution in [1.29, 1.82) is 0 Å². The molecule has 0 radical (unpaired) electrons. The number of aryl methyl sites for hydroxylation is 1. The third-order valence-electron chi connectivity index (χ3n) is 1.49. The van der Waals surface area contributed by atoms with Gasteiger partial charge in [0, 0.05) is 25.9 Å². The fourth-order valence-electron chi connectivity index (χ4n) is 0.878. The van der Waals surface area contributed by atoms with Gasteiger partial charge >= 0.3 is 0 Å². The van der Waals surface area contributed by atoms with Crippen molar-refractivity contribution in [2.45, 2.75) is 6.92 Å². The Morgan fingerprint density at radius 1 is 1.58 bits per heavy atom. The molecule has 0 fully saturated rings. The van der Waals surface area contributed by atoms with E-state index in [0.717, 1.165) is 5.69 Å². The van der Waals surface area contributed by atoms with Gasteiger partial charge in [0.15, 0.2) is 0 Å². The summed E-state index contributed by atoms with van der Waals surface area (Å²) in [6.45, 7) is 1.79. The topological polar surface area (TPSA) is 46.9 Å². The quantitative estimate of drug-likeness (QED) is 0.773. The van der Waals surface area contributed by atoms with Crippen LogP contribution in [-0.2, 0) is 7.05 Å². The SMILES string of the molecule is CNc1nc(C)cc(=O)n1C.I. The monoisotopic (exact) mass is 281 g/mol. The highest BCUT2D eigenvalue weighted by molar-refractivity contribution is 14.0. The minimum Gasteiger partial charge on any atom is -0.359 e. The lowest BCUT2D eigenvalue weighted by molar-refractivity contribution is 0.824. The maximum Gasteiger partial charge on any atom is 0.254 e. The molecule has 0 aliphatic carbocycles. The first-order valence-electron chi connectivity index (χ1n) is 3.37. The maximum absolute atomic E-state index is 11.1. The average molecular weight is 281 g/mol. The fourth-order valence-corrected chi connectivity index (χ4v) is 0.878. The molecule has 0 atom stereocenters. The van der Waals surface area contributed by atoms with Crippen molar-refractivity contribution in [2.75, 3.05) is 12.4 Å². The number of rotatable bonds is 1. The second kappa shape index (κ2) is 4.44. The van der Waals surface area contributed by atoms with Gasteiger partial charge in [0.2, 0.25) is 5.95 Å². The van der Waals surface area contributed by atoms with E-state index in [0.29, 0.717) is 5.95 Å². The van der Waals surface area contributed by atoms with Crippen LogP contribution in [0.25, 0.3) is 0 Å². The van der Waals surface area contributed by atoms with Crippen molar-refractivity contribution in [3.05, 3.63) is 22.1 Å². The largest absolute Gasteiger partial charge is 0.359 e. The Bertz CT molecular complexity index is 321. The van der Waals surface area contributed by atoms with Crippen molar-refractivity contribution < 1.29 is 0 Å². The van der Waals surface area contributed by atoms with Crippen LogP contribution in [0.3, 0.4) is 0 Å². The summed E-state index contributed by atoms with van der Waals surface area (Å²) < 4.78 is 1.47. The molecule has 1 aromatic rings. The van der Waals surface area contributed by atoms with E-state index in [1.807, 2.05) is 0 Å². The van der Waals surface area contributed by atoms with Gasteiger partial charge in [-0.1, -0.05) is 0 Å². The molecule has 1 rings (SSSR count). The first-order valence-corrected chi connectivity index (χ1v) is 3.37. The number of nitrogens with one attached hydrogen (secondary N) is 1. The van der Waals surface area contributed by atoms with Crippen LogP contribution in [0.2, 0.25) is 0 Å². The van der Waals surface area contributed by atoms with Crippen LogP contribution >= 0.6 is 24.0 Å². The van der Waals surface area contributed by atoms with Crippen LogP contribution in [0.5, 0.6) is 0 Å². The highest BCUT2D eigenvalue weighted by Gasteiger charge is 1.98. The van der Waals surface area contributed by atoms with Crippen molar-refractivity contribution in [2.24, 2.45) is 7.05 Å². The lowest BCUT2D eigenvalue weighted by Crippen LogP contribution is -2.20.